The molecular weight excluding hydrogens is 469 g/mol. The van der Waals surface area contributed by atoms with E-state index in [1.54, 1.807) is 18.2 Å². The van der Waals surface area contributed by atoms with Crippen LogP contribution in [0.1, 0.15) is 24.3 Å². The van der Waals surface area contributed by atoms with Crippen LogP contribution in [0.25, 0.3) is 11.4 Å². The molecule has 0 radical (unpaired) electrons. The van der Waals surface area contributed by atoms with Crippen LogP contribution in [0.5, 0.6) is 11.5 Å². The monoisotopic (exact) mass is 492 g/mol. The minimum Gasteiger partial charge on any atom is -0.497 e. The van der Waals surface area contributed by atoms with Crippen molar-refractivity contribution in [2.24, 2.45) is 5.92 Å². The van der Waals surface area contributed by atoms with E-state index < -0.39 is 23.6 Å². The molecule has 1 atom stereocenters. The number of carbonyl (C=O) groups is 1. The summed E-state index contributed by atoms with van der Waals surface area (Å²) in [6.45, 7) is 0.163. The Morgan fingerprint density at radius 1 is 1.23 bits per heavy atom. The van der Waals surface area contributed by atoms with Gasteiger partial charge in [0.1, 0.15) is 17.3 Å². The van der Waals surface area contributed by atoms with E-state index in [1.165, 1.54) is 31.4 Å². The molecule has 4 rings (SSSR count). The highest BCUT2D eigenvalue weighted by atomic mass is 19.4. The van der Waals surface area contributed by atoms with Gasteiger partial charge < -0.3 is 23.6 Å². The maximum Gasteiger partial charge on any atom is 0.419 e. The van der Waals surface area contributed by atoms with Crippen molar-refractivity contribution in [1.82, 2.24) is 15.1 Å². The fraction of sp³-hybridized carbons (Fsp3) is 0.391. The molecule has 1 aliphatic rings. The second kappa shape index (κ2) is 10.2. The topological polar surface area (TPSA) is 99.8 Å². The second-order valence-corrected chi connectivity index (χ2v) is 7.84. The summed E-state index contributed by atoms with van der Waals surface area (Å²) in [6.07, 6.45) is -2.23. The van der Waals surface area contributed by atoms with Crippen LogP contribution < -0.4 is 14.4 Å². The van der Waals surface area contributed by atoms with E-state index in [-0.39, 0.29) is 30.7 Å². The Bertz CT molecular complexity index is 1180. The fourth-order valence-corrected chi connectivity index (χ4v) is 3.89. The Kier molecular flexibility index (Phi) is 7.08. The molecule has 35 heavy (non-hydrogen) atoms. The quantitative estimate of drug-likeness (QED) is 0.451. The zero-order chi connectivity index (χ0) is 25.0. The molecule has 186 valence electrons. The van der Waals surface area contributed by atoms with E-state index in [0.29, 0.717) is 36.4 Å². The van der Waals surface area contributed by atoms with E-state index in [0.717, 1.165) is 6.07 Å². The van der Waals surface area contributed by atoms with Gasteiger partial charge >= 0.3 is 12.1 Å². The molecule has 1 aliphatic heterocycles. The third-order valence-corrected chi connectivity index (χ3v) is 5.60. The van der Waals surface area contributed by atoms with E-state index in [4.69, 9.17) is 18.7 Å². The average molecular weight is 492 g/mol. The summed E-state index contributed by atoms with van der Waals surface area (Å²) in [6, 6.07) is 7.32. The highest BCUT2D eigenvalue weighted by Crippen LogP contribution is 2.36. The van der Waals surface area contributed by atoms with Gasteiger partial charge in [-0.1, -0.05) is 5.16 Å². The third-order valence-electron chi connectivity index (χ3n) is 5.60. The van der Waals surface area contributed by atoms with Crippen LogP contribution in [-0.2, 0) is 22.3 Å². The number of aromatic nitrogens is 3. The number of benzene rings is 1. The lowest BCUT2D eigenvalue weighted by Crippen LogP contribution is -2.40. The van der Waals surface area contributed by atoms with E-state index in [9.17, 15) is 18.0 Å². The van der Waals surface area contributed by atoms with Crippen molar-refractivity contribution in [2.75, 3.05) is 32.2 Å². The Morgan fingerprint density at radius 2 is 2.06 bits per heavy atom. The number of pyridine rings is 1. The summed E-state index contributed by atoms with van der Waals surface area (Å²) in [7, 11) is 3.03. The SMILES string of the molecule is COc1ccc(-c2noc(COC(=O)C3CCCN(c4ncccc4C(F)(F)F)C3)n2)c(OC)c1. The number of hydrogen-bond acceptors (Lipinski definition) is 9. The summed E-state index contributed by atoms with van der Waals surface area (Å²) in [5.41, 5.74) is -0.269. The highest BCUT2D eigenvalue weighted by Gasteiger charge is 2.37. The zero-order valence-corrected chi connectivity index (χ0v) is 19.0. The lowest BCUT2D eigenvalue weighted by Gasteiger charge is -2.33. The molecule has 1 aromatic carbocycles. The van der Waals surface area contributed by atoms with Crippen molar-refractivity contribution >= 4 is 11.8 Å². The largest absolute Gasteiger partial charge is 0.497 e. The molecule has 0 bridgehead atoms. The molecule has 0 saturated carbocycles. The number of nitrogens with zero attached hydrogens (tertiary/aromatic N) is 4. The molecule has 3 aromatic rings. The van der Waals surface area contributed by atoms with Crippen molar-refractivity contribution < 1.29 is 36.7 Å². The first kappa shape index (κ1) is 24.3. The molecule has 1 saturated heterocycles. The van der Waals surface area contributed by atoms with Gasteiger partial charge in [-0.05, 0) is 37.1 Å². The number of alkyl halides is 3. The number of esters is 1. The first-order chi connectivity index (χ1) is 16.8. The van der Waals surface area contributed by atoms with Crippen LogP contribution in [0.2, 0.25) is 0 Å². The van der Waals surface area contributed by atoms with Crippen molar-refractivity contribution in [3.05, 3.63) is 48.0 Å². The Hall–Kier alpha value is -3.83. The molecule has 0 aliphatic carbocycles. The van der Waals surface area contributed by atoms with Crippen LogP contribution in [0, 0.1) is 5.92 Å². The standard InChI is InChI=1S/C23H23F3N4O5/c1-32-15-7-8-16(18(11-15)33-2)20-28-19(35-29-20)13-34-22(31)14-5-4-10-30(12-14)21-17(23(24,25)26)6-3-9-27-21/h3,6-9,11,14H,4-5,10,12-13H2,1-2H3. The third kappa shape index (κ3) is 5.47. The summed E-state index contributed by atoms with van der Waals surface area (Å²) in [4.78, 5) is 22.3. The molecule has 1 fully saturated rings. The predicted molar refractivity (Wildman–Crippen MR) is 117 cm³/mol. The number of methoxy groups -OCH3 is 2. The number of hydrogen-bond donors (Lipinski definition) is 0. The Labute approximate surface area is 198 Å². The number of anilines is 1. The van der Waals surface area contributed by atoms with Crippen LogP contribution in [0.3, 0.4) is 0 Å². The van der Waals surface area contributed by atoms with Gasteiger partial charge in [0, 0.05) is 25.4 Å². The Balaban J connectivity index is 1.40. The van der Waals surface area contributed by atoms with E-state index >= 15 is 0 Å². The summed E-state index contributed by atoms with van der Waals surface area (Å²) in [5, 5.41) is 3.90. The minimum atomic E-state index is -4.54. The van der Waals surface area contributed by atoms with Crippen LogP contribution >= 0.6 is 0 Å². The number of ether oxygens (including phenoxy) is 3. The molecular formula is C23H23F3N4O5. The van der Waals surface area contributed by atoms with Crippen molar-refractivity contribution in [3.8, 4) is 22.9 Å². The van der Waals surface area contributed by atoms with Crippen LogP contribution in [0.15, 0.2) is 41.1 Å². The van der Waals surface area contributed by atoms with Crippen molar-refractivity contribution in [1.29, 1.82) is 0 Å². The smallest absolute Gasteiger partial charge is 0.419 e. The average Bonchev–Trinajstić information content (AvgIpc) is 3.35. The first-order valence-corrected chi connectivity index (χ1v) is 10.8. The maximum absolute atomic E-state index is 13.4. The molecule has 1 unspecified atom stereocenters. The zero-order valence-electron chi connectivity index (χ0n) is 19.0. The number of piperidine rings is 1. The van der Waals surface area contributed by atoms with Gasteiger partial charge in [-0.25, -0.2) is 4.98 Å². The number of rotatable bonds is 7. The lowest BCUT2D eigenvalue weighted by molar-refractivity contribution is -0.151. The molecule has 3 heterocycles. The Morgan fingerprint density at radius 3 is 2.80 bits per heavy atom. The molecule has 12 heteroatoms. The van der Waals surface area contributed by atoms with Crippen LogP contribution in [-0.4, -0.2) is 48.4 Å². The molecule has 9 nitrogen and oxygen atoms in total. The molecule has 0 amide bonds. The van der Waals surface area contributed by atoms with E-state index in [1.807, 2.05) is 0 Å². The lowest BCUT2D eigenvalue weighted by atomic mass is 9.98. The number of halogens is 3. The molecule has 0 spiro atoms. The molecule has 2 aromatic heterocycles. The second-order valence-electron chi connectivity index (χ2n) is 7.84. The van der Waals surface area contributed by atoms with Gasteiger partial charge in [-0.15, -0.1) is 0 Å². The predicted octanol–water partition coefficient (Wildman–Crippen LogP) is 4.13. The normalized spacial score (nSPS) is 16.1. The minimum absolute atomic E-state index is 0.0665. The van der Waals surface area contributed by atoms with Gasteiger partial charge in [0.25, 0.3) is 5.89 Å². The van der Waals surface area contributed by atoms with Gasteiger partial charge in [-0.3, -0.25) is 4.79 Å². The van der Waals surface area contributed by atoms with Gasteiger partial charge in [0.15, 0.2) is 6.61 Å². The van der Waals surface area contributed by atoms with Crippen molar-refractivity contribution in [2.45, 2.75) is 25.6 Å². The van der Waals surface area contributed by atoms with Gasteiger partial charge in [0.2, 0.25) is 5.82 Å². The van der Waals surface area contributed by atoms with E-state index in [2.05, 4.69) is 15.1 Å². The summed E-state index contributed by atoms with van der Waals surface area (Å²) >= 11 is 0. The van der Waals surface area contributed by atoms with Crippen molar-refractivity contribution in [3.63, 3.8) is 0 Å². The summed E-state index contributed by atoms with van der Waals surface area (Å²) < 4.78 is 61.2. The maximum atomic E-state index is 13.4. The fourth-order valence-electron chi connectivity index (χ4n) is 3.89. The number of carbonyl (C=O) groups excluding carboxylic acids is 1. The first-order valence-electron chi connectivity index (χ1n) is 10.8. The van der Waals surface area contributed by atoms with Crippen LogP contribution in [0.4, 0.5) is 19.0 Å². The molecule has 0 N–H and O–H groups in total. The van der Waals surface area contributed by atoms with Gasteiger partial charge in [-0.2, -0.15) is 18.2 Å². The summed E-state index contributed by atoms with van der Waals surface area (Å²) in [5.74, 6) is 0.0307. The highest BCUT2D eigenvalue weighted by molar-refractivity contribution is 5.73. The van der Waals surface area contributed by atoms with Gasteiger partial charge in [0.05, 0.1) is 31.3 Å².